The average Bonchev–Trinajstić information content (AvgIpc) is 2.50. The van der Waals surface area contributed by atoms with Crippen molar-refractivity contribution in [3.63, 3.8) is 0 Å². The van der Waals surface area contributed by atoms with Crippen LogP contribution in [0.5, 0.6) is 0 Å². The van der Waals surface area contributed by atoms with Gasteiger partial charge in [-0.2, -0.15) is 0 Å². The number of benzene rings is 2. The molecule has 1 heterocycles. The topological polar surface area (TPSA) is 49.4 Å². The number of nitrogens with one attached hydrogen (secondary N) is 1. The van der Waals surface area contributed by atoms with E-state index >= 15 is 0 Å². The van der Waals surface area contributed by atoms with Gasteiger partial charge in [0.25, 0.3) is 5.91 Å². The quantitative estimate of drug-likeness (QED) is 0.920. The number of anilines is 1. The van der Waals surface area contributed by atoms with Crippen LogP contribution in [0.1, 0.15) is 20.3 Å². The third-order valence-corrected chi connectivity index (χ3v) is 4.20. The van der Waals surface area contributed by atoms with Crippen LogP contribution < -0.4 is 10.2 Å². The summed E-state index contributed by atoms with van der Waals surface area (Å²) < 4.78 is 0. The van der Waals surface area contributed by atoms with E-state index in [1.807, 2.05) is 49.4 Å². The first-order valence-electron chi connectivity index (χ1n) is 7.16. The van der Waals surface area contributed by atoms with Crippen molar-refractivity contribution in [1.29, 1.82) is 0 Å². The number of piperazine rings is 1. The van der Waals surface area contributed by atoms with E-state index in [9.17, 15) is 9.59 Å². The zero-order valence-electron chi connectivity index (χ0n) is 12.2. The lowest BCUT2D eigenvalue weighted by molar-refractivity contribution is -0.135. The number of fused-ring (bicyclic) bond motifs is 1. The fourth-order valence-corrected chi connectivity index (χ4v) is 2.79. The highest BCUT2D eigenvalue weighted by Crippen LogP contribution is 2.30. The number of carbonyl (C=O) groups excluding carboxylic acids is 2. The van der Waals surface area contributed by atoms with Crippen LogP contribution in [0.15, 0.2) is 42.5 Å². The predicted molar refractivity (Wildman–Crippen MR) is 83.1 cm³/mol. The van der Waals surface area contributed by atoms with Crippen molar-refractivity contribution in [2.75, 3.05) is 11.4 Å². The minimum Gasteiger partial charge on any atom is -0.340 e. The molecule has 0 spiro atoms. The molecule has 21 heavy (non-hydrogen) atoms. The van der Waals surface area contributed by atoms with Crippen molar-refractivity contribution >= 4 is 28.3 Å². The number of amides is 2. The third kappa shape index (κ3) is 2.17. The average molecular weight is 282 g/mol. The minimum absolute atomic E-state index is 0.0547. The van der Waals surface area contributed by atoms with E-state index in [2.05, 4.69) is 5.32 Å². The van der Waals surface area contributed by atoms with Crippen LogP contribution in [0.3, 0.4) is 0 Å². The van der Waals surface area contributed by atoms with Crippen LogP contribution in [0.2, 0.25) is 0 Å². The van der Waals surface area contributed by atoms with Crippen LogP contribution >= 0.6 is 0 Å². The van der Waals surface area contributed by atoms with Crippen molar-refractivity contribution in [1.82, 2.24) is 5.32 Å². The molecule has 108 valence electrons. The van der Waals surface area contributed by atoms with Gasteiger partial charge < -0.3 is 10.2 Å². The summed E-state index contributed by atoms with van der Waals surface area (Å²) in [5, 5.41) is 4.86. The van der Waals surface area contributed by atoms with Gasteiger partial charge in [-0.25, -0.2) is 0 Å². The lowest BCUT2D eigenvalue weighted by atomic mass is 9.93. The molecule has 2 aromatic rings. The molecule has 1 N–H and O–H groups in total. The van der Waals surface area contributed by atoms with E-state index in [0.717, 1.165) is 16.5 Å². The molecule has 2 aromatic carbocycles. The Kier molecular flexibility index (Phi) is 3.16. The van der Waals surface area contributed by atoms with E-state index in [-0.39, 0.29) is 18.4 Å². The van der Waals surface area contributed by atoms with Crippen molar-refractivity contribution in [3.8, 4) is 0 Å². The van der Waals surface area contributed by atoms with Crippen molar-refractivity contribution in [2.24, 2.45) is 0 Å². The van der Waals surface area contributed by atoms with Crippen molar-refractivity contribution in [3.05, 3.63) is 42.5 Å². The highest BCUT2D eigenvalue weighted by atomic mass is 16.2. The van der Waals surface area contributed by atoms with Gasteiger partial charge in [0.1, 0.15) is 12.1 Å². The third-order valence-electron chi connectivity index (χ3n) is 4.20. The SMILES string of the molecule is CCC1(C)NC(=O)CN(c2cccc3ccccc23)C1=O. The van der Waals surface area contributed by atoms with Gasteiger partial charge in [0, 0.05) is 5.39 Å². The molecule has 1 fully saturated rings. The standard InChI is InChI=1S/C17H18N2O2/c1-3-17(2)16(21)19(11-15(20)18-17)14-10-6-8-12-7-4-5-9-13(12)14/h4-10H,3,11H2,1-2H3,(H,18,20). The van der Waals surface area contributed by atoms with E-state index in [1.165, 1.54) is 0 Å². The first-order valence-corrected chi connectivity index (χ1v) is 7.16. The number of hydrogen-bond acceptors (Lipinski definition) is 2. The van der Waals surface area contributed by atoms with Gasteiger partial charge >= 0.3 is 0 Å². The Labute approximate surface area is 123 Å². The zero-order valence-corrected chi connectivity index (χ0v) is 12.2. The number of hydrogen-bond donors (Lipinski definition) is 1. The fourth-order valence-electron chi connectivity index (χ4n) is 2.79. The van der Waals surface area contributed by atoms with Crippen LogP contribution in [-0.2, 0) is 9.59 Å². The summed E-state index contributed by atoms with van der Waals surface area (Å²) in [4.78, 5) is 26.4. The lowest BCUT2D eigenvalue weighted by Crippen LogP contribution is -2.65. The van der Waals surface area contributed by atoms with E-state index in [0.29, 0.717) is 6.42 Å². The molecule has 0 aromatic heterocycles. The Morgan fingerprint density at radius 3 is 2.62 bits per heavy atom. The highest BCUT2D eigenvalue weighted by Gasteiger charge is 2.42. The van der Waals surface area contributed by atoms with Gasteiger partial charge in [-0.1, -0.05) is 43.3 Å². The molecule has 0 radical (unpaired) electrons. The molecule has 3 rings (SSSR count). The van der Waals surface area contributed by atoms with Crippen LogP contribution in [0, 0.1) is 0 Å². The molecule has 0 bridgehead atoms. The monoisotopic (exact) mass is 282 g/mol. The van der Waals surface area contributed by atoms with Gasteiger partial charge in [0.05, 0.1) is 5.69 Å². The number of nitrogens with zero attached hydrogens (tertiary/aromatic N) is 1. The minimum atomic E-state index is -0.827. The molecule has 4 heteroatoms. The molecule has 2 amide bonds. The molecular formula is C17H18N2O2. The molecule has 1 atom stereocenters. The summed E-state index contributed by atoms with van der Waals surface area (Å²) in [5.74, 6) is -0.173. The van der Waals surface area contributed by atoms with E-state index < -0.39 is 5.54 Å². The fraction of sp³-hybridized carbons (Fsp3) is 0.294. The van der Waals surface area contributed by atoms with Gasteiger partial charge in [-0.15, -0.1) is 0 Å². The highest BCUT2D eigenvalue weighted by molar-refractivity contribution is 6.12. The maximum Gasteiger partial charge on any atom is 0.252 e. The van der Waals surface area contributed by atoms with E-state index in [4.69, 9.17) is 0 Å². The Morgan fingerprint density at radius 1 is 1.14 bits per heavy atom. The van der Waals surface area contributed by atoms with Crippen molar-refractivity contribution < 1.29 is 9.59 Å². The molecular weight excluding hydrogens is 264 g/mol. The maximum atomic E-state index is 12.8. The van der Waals surface area contributed by atoms with Crippen molar-refractivity contribution in [2.45, 2.75) is 25.8 Å². The van der Waals surface area contributed by atoms with Crippen LogP contribution in [0.25, 0.3) is 10.8 Å². The summed E-state index contributed by atoms with van der Waals surface area (Å²) in [5.41, 5.74) is -0.0284. The van der Waals surface area contributed by atoms with E-state index in [1.54, 1.807) is 11.8 Å². The normalized spacial score (nSPS) is 22.5. The smallest absolute Gasteiger partial charge is 0.252 e. The number of carbonyl (C=O) groups is 2. The first kappa shape index (κ1) is 13.6. The maximum absolute atomic E-state index is 12.8. The Balaban J connectivity index is 2.13. The largest absolute Gasteiger partial charge is 0.340 e. The molecule has 0 saturated carbocycles. The summed E-state index contributed by atoms with van der Waals surface area (Å²) in [6.45, 7) is 3.76. The van der Waals surface area contributed by atoms with Gasteiger partial charge in [-0.3, -0.25) is 9.59 Å². The summed E-state index contributed by atoms with van der Waals surface area (Å²) in [7, 11) is 0. The molecule has 1 unspecified atom stereocenters. The van der Waals surface area contributed by atoms with Crippen LogP contribution in [0.4, 0.5) is 5.69 Å². The molecule has 0 aliphatic carbocycles. The summed E-state index contributed by atoms with van der Waals surface area (Å²) in [6.07, 6.45) is 0.568. The number of rotatable bonds is 2. The lowest BCUT2D eigenvalue weighted by Gasteiger charge is -2.39. The molecule has 4 nitrogen and oxygen atoms in total. The molecule has 1 aliphatic rings. The van der Waals surface area contributed by atoms with Gasteiger partial charge in [0.2, 0.25) is 5.91 Å². The predicted octanol–water partition coefficient (Wildman–Crippen LogP) is 2.47. The Hall–Kier alpha value is -2.36. The van der Waals surface area contributed by atoms with Gasteiger partial charge in [-0.05, 0) is 24.8 Å². The Morgan fingerprint density at radius 2 is 1.86 bits per heavy atom. The summed E-state index contributed by atoms with van der Waals surface area (Å²) >= 11 is 0. The second-order valence-corrected chi connectivity index (χ2v) is 5.62. The first-order chi connectivity index (χ1) is 10.0. The second-order valence-electron chi connectivity index (χ2n) is 5.62. The Bertz CT molecular complexity index is 720. The zero-order chi connectivity index (χ0) is 15.0. The molecule has 1 aliphatic heterocycles. The van der Waals surface area contributed by atoms with Gasteiger partial charge in [0.15, 0.2) is 0 Å². The molecule has 1 saturated heterocycles. The van der Waals surface area contributed by atoms with Crippen LogP contribution in [-0.4, -0.2) is 23.9 Å². The second kappa shape index (κ2) is 4.88. The summed E-state index contributed by atoms with van der Waals surface area (Å²) in [6, 6.07) is 13.7.